The number of carbonyl (C=O) groups is 2. The normalized spacial score (nSPS) is 12.2. The number of amides is 2. The van der Waals surface area contributed by atoms with Crippen molar-refractivity contribution in [1.29, 1.82) is 0 Å². The topological polar surface area (TPSA) is 128 Å². The van der Waals surface area contributed by atoms with Gasteiger partial charge in [0.25, 0.3) is 21.8 Å². The van der Waals surface area contributed by atoms with E-state index in [2.05, 4.69) is 42.1 Å². The van der Waals surface area contributed by atoms with E-state index in [9.17, 15) is 18.0 Å². The van der Waals surface area contributed by atoms with Crippen LogP contribution in [0, 0.1) is 6.92 Å². The van der Waals surface area contributed by atoms with Gasteiger partial charge in [-0.3, -0.25) is 15.0 Å². The van der Waals surface area contributed by atoms with Crippen molar-refractivity contribution in [2.24, 2.45) is 0 Å². The SMILES string of the molecule is Cc1ccc(S(=O)(=O)NNC(=O)c2ccccc2NC(=S)NC(NC(=O)c2ccccc2Br)C(Cl)(Cl)Cl)cc1. The van der Waals surface area contributed by atoms with Crippen LogP contribution in [0.1, 0.15) is 26.3 Å². The zero-order valence-corrected chi connectivity index (χ0v) is 25.5. The number of alkyl halides is 3. The average Bonchev–Trinajstić information content (AvgIpc) is 2.87. The minimum Gasteiger partial charge on any atom is -0.339 e. The van der Waals surface area contributed by atoms with Crippen molar-refractivity contribution < 1.29 is 18.0 Å². The monoisotopic (exact) mass is 691 g/mol. The molecular weight excluding hydrogens is 673 g/mol. The highest BCUT2D eigenvalue weighted by Crippen LogP contribution is 2.30. The molecule has 0 aliphatic heterocycles. The molecule has 2 amide bonds. The lowest BCUT2D eigenvalue weighted by molar-refractivity contribution is 0.0930. The van der Waals surface area contributed by atoms with Gasteiger partial charge in [-0.15, -0.1) is 4.83 Å². The van der Waals surface area contributed by atoms with Crippen LogP contribution < -0.4 is 26.2 Å². The number of sulfonamides is 1. The molecule has 3 aromatic carbocycles. The van der Waals surface area contributed by atoms with Gasteiger partial charge in [-0.2, -0.15) is 0 Å². The van der Waals surface area contributed by atoms with Gasteiger partial charge in [0, 0.05) is 4.47 Å². The highest BCUT2D eigenvalue weighted by Gasteiger charge is 2.35. The molecule has 0 aliphatic rings. The molecule has 0 aromatic heterocycles. The molecule has 0 heterocycles. The summed E-state index contributed by atoms with van der Waals surface area (Å²) in [5, 5.41) is 7.97. The van der Waals surface area contributed by atoms with Crippen LogP contribution in [0.15, 0.2) is 82.2 Å². The summed E-state index contributed by atoms with van der Waals surface area (Å²) in [7, 11) is -4.01. The largest absolute Gasteiger partial charge is 0.339 e. The Labute approximate surface area is 254 Å². The van der Waals surface area contributed by atoms with E-state index in [1.807, 2.05) is 6.92 Å². The quantitative estimate of drug-likeness (QED) is 0.0994. The number of hydrogen-bond donors (Lipinski definition) is 5. The standard InChI is InChI=1S/C24H21BrCl3N5O4S2/c1-14-10-12-15(13-11-14)39(36,37)33-32-21(35)17-7-3-5-9-19(17)29-23(38)31-22(24(26,27)28)30-20(34)16-6-2-4-8-18(16)25/h2-13,22,33H,1H3,(H,30,34)(H,32,35)(H2,29,31,38). The maximum absolute atomic E-state index is 12.8. The number of carbonyl (C=O) groups excluding carboxylic acids is 2. The third-order valence-electron chi connectivity index (χ3n) is 5.05. The van der Waals surface area contributed by atoms with Crippen LogP contribution in [0.25, 0.3) is 0 Å². The van der Waals surface area contributed by atoms with Crippen LogP contribution in [0.4, 0.5) is 5.69 Å². The summed E-state index contributed by atoms with van der Waals surface area (Å²) in [5.74, 6) is -1.31. The van der Waals surface area contributed by atoms with Crippen molar-refractivity contribution in [3.8, 4) is 0 Å². The highest BCUT2D eigenvalue weighted by atomic mass is 79.9. The molecule has 3 aromatic rings. The predicted molar refractivity (Wildman–Crippen MR) is 160 cm³/mol. The van der Waals surface area contributed by atoms with Crippen LogP contribution >= 0.6 is 63.0 Å². The Morgan fingerprint density at radius 2 is 1.46 bits per heavy atom. The molecule has 0 fully saturated rings. The van der Waals surface area contributed by atoms with Crippen LogP contribution in [0.5, 0.6) is 0 Å². The molecule has 0 radical (unpaired) electrons. The lowest BCUT2D eigenvalue weighted by Crippen LogP contribution is -2.56. The minimum atomic E-state index is -4.01. The maximum atomic E-state index is 12.8. The Morgan fingerprint density at radius 1 is 0.872 bits per heavy atom. The Hall–Kier alpha value is -2.45. The summed E-state index contributed by atoms with van der Waals surface area (Å²) in [4.78, 5) is 27.6. The fraction of sp³-hybridized carbons (Fsp3) is 0.125. The number of benzene rings is 3. The van der Waals surface area contributed by atoms with E-state index in [1.54, 1.807) is 48.5 Å². The molecule has 15 heteroatoms. The Morgan fingerprint density at radius 3 is 2.08 bits per heavy atom. The Kier molecular flexibility index (Phi) is 10.6. The van der Waals surface area contributed by atoms with Gasteiger partial charge in [-0.25, -0.2) is 8.42 Å². The van der Waals surface area contributed by atoms with E-state index < -0.39 is 31.8 Å². The molecule has 3 rings (SSSR count). The third kappa shape index (κ3) is 8.77. The van der Waals surface area contributed by atoms with Gasteiger partial charge in [0.15, 0.2) is 5.11 Å². The van der Waals surface area contributed by atoms with Crippen molar-refractivity contribution >= 4 is 95.6 Å². The molecule has 0 bridgehead atoms. The minimum absolute atomic E-state index is 0.0208. The van der Waals surface area contributed by atoms with Gasteiger partial charge >= 0.3 is 0 Å². The van der Waals surface area contributed by atoms with Gasteiger partial charge in [-0.1, -0.05) is 76.8 Å². The molecule has 1 unspecified atom stereocenters. The van der Waals surface area contributed by atoms with Crippen LogP contribution in [-0.4, -0.2) is 35.3 Å². The van der Waals surface area contributed by atoms with Gasteiger partial charge in [-0.05, 0) is 71.5 Å². The van der Waals surface area contributed by atoms with E-state index in [1.165, 1.54) is 24.3 Å². The summed E-state index contributed by atoms with van der Waals surface area (Å²) in [6.07, 6.45) is -1.27. The summed E-state index contributed by atoms with van der Waals surface area (Å²) in [6.45, 7) is 1.82. The third-order valence-corrected chi connectivity index (χ3v) is 7.88. The van der Waals surface area contributed by atoms with Crippen molar-refractivity contribution in [2.75, 3.05) is 5.32 Å². The first-order valence-electron chi connectivity index (χ1n) is 11.0. The van der Waals surface area contributed by atoms with Crippen LogP contribution in [0.3, 0.4) is 0 Å². The van der Waals surface area contributed by atoms with E-state index in [0.29, 0.717) is 10.0 Å². The molecule has 206 valence electrons. The first-order chi connectivity index (χ1) is 18.3. The number of halogens is 4. The van der Waals surface area contributed by atoms with Crippen LogP contribution in [-0.2, 0) is 10.0 Å². The number of thiocarbonyl (C=S) groups is 1. The number of hydrogen-bond acceptors (Lipinski definition) is 5. The number of para-hydroxylation sites is 1. The van der Waals surface area contributed by atoms with Crippen molar-refractivity contribution in [3.05, 3.63) is 94.0 Å². The van der Waals surface area contributed by atoms with Gasteiger partial charge in [0.1, 0.15) is 6.17 Å². The maximum Gasteiger partial charge on any atom is 0.268 e. The van der Waals surface area contributed by atoms with Crippen molar-refractivity contribution in [3.63, 3.8) is 0 Å². The van der Waals surface area contributed by atoms with Gasteiger partial charge in [0.05, 0.1) is 21.7 Å². The van der Waals surface area contributed by atoms with E-state index in [-0.39, 0.29) is 21.3 Å². The second-order valence-corrected chi connectivity index (χ2v) is 13.3. The average molecular weight is 694 g/mol. The molecule has 1 atom stereocenters. The number of hydrazine groups is 1. The van der Waals surface area contributed by atoms with Gasteiger partial charge in [0.2, 0.25) is 3.79 Å². The molecule has 39 heavy (non-hydrogen) atoms. The molecular formula is C24H21BrCl3N5O4S2. The number of rotatable bonds is 8. The molecule has 0 saturated carbocycles. The predicted octanol–water partition coefficient (Wildman–Crippen LogP) is 4.79. The Balaban J connectivity index is 1.70. The van der Waals surface area contributed by atoms with Crippen molar-refractivity contribution in [2.45, 2.75) is 21.8 Å². The highest BCUT2D eigenvalue weighted by molar-refractivity contribution is 9.10. The second-order valence-electron chi connectivity index (χ2n) is 7.94. The summed E-state index contributed by atoms with van der Waals surface area (Å²) in [5.41, 5.74) is 3.62. The van der Waals surface area contributed by atoms with E-state index in [0.717, 1.165) is 5.56 Å². The smallest absolute Gasteiger partial charge is 0.268 e. The number of anilines is 1. The van der Waals surface area contributed by atoms with Crippen molar-refractivity contribution in [1.82, 2.24) is 20.9 Å². The van der Waals surface area contributed by atoms with E-state index in [4.69, 9.17) is 47.0 Å². The molecule has 5 N–H and O–H groups in total. The van der Waals surface area contributed by atoms with E-state index >= 15 is 0 Å². The first-order valence-corrected chi connectivity index (χ1v) is 14.8. The Bertz CT molecular complexity index is 1490. The zero-order chi connectivity index (χ0) is 28.8. The lowest BCUT2D eigenvalue weighted by Gasteiger charge is -2.28. The number of aryl methyl sites for hydroxylation is 1. The number of nitrogens with one attached hydrogen (secondary N) is 5. The van der Waals surface area contributed by atoms with Crippen LogP contribution in [0.2, 0.25) is 0 Å². The summed E-state index contributed by atoms with van der Waals surface area (Å²) in [6, 6.07) is 19.0. The molecule has 0 spiro atoms. The fourth-order valence-electron chi connectivity index (χ4n) is 3.09. The second kappa shape index (κ2) is 13.3. The fourth-order valence-corrected chi connectivity index (χ4v) is 4.95. The summed E-state index contributed by atoms with van der Waals surface area (Å²) < 4.78 is 23.6. The van der Waals surface area contributed by atoms with Gasteiger partial charge < -0.3 is 16.0 Å². The lowest BCUT2D eigenvalue weighted by atomic mass is 10.1. The molecule has 9 nitrogen and oxygen atoms in total. The molecule has 0 aliphatic carbocycles. The zero-order valence-electron chi connectivity index (χ0n) is 20.0. The first kappa shape index (κ1) is 31.1. The summed E-state index contributed by atoms with van der Waals surface area (Å²) >= 11 is 26.8. The molecule has 0 saturated heterocycles.